The fraction of sp³-hybridized carbons (Fsp3) is 0.281. The molecule has 10 nitrogen and oxygen atoms in total. The lowest BCUT2D eigenvalue weighted by Gasteiger charge is -2.24. The molecule has 3 aromatic rings. The number of carbonyl (C=O) groups excluding carboxylic acids is 4. The predicted octanol–water partition coefficient (Wildman–Crippen LogP) is 4.53. The molecule has 2 heterocycles. The van der Waals surface area contributed by atoms with Gasteiger partial charge >= 0.3 is 5.97 Å². The molecule has 5 rings (SSSR count). The standard InChI is InChI=1S/C32H32N4O6S/c1-3-42-31(40)22-8-14-25(15-9-22)36-30(39)27(19-28(37)33-23-10-16-26(41-2)17-11-23)35(32(36)43)20-21-6-12-24(13-7-21)34-18-4-5-29(34)38/h6-17,27H,3-5,18-20H2,1-2H3,(H,33,37). The number of rotatable bonds is 10. The highest BCUT2D eigenvalue weighted by Gasteiger charge is 2.44. The Kier molecular flexibility index (Phi) is 9.01. The zero-order chi connectivity index (χ0) is 30.5. The summed E-state index contributed by atoms with van der Waals surface area (Å²) < 4.78 is 10.2. The van der Waals surface area contributed by atoms with Gasteiger partial charge in [0.1, 0.15) is 11.8 Å². The van der Waals surface area contributed by atoms with Crippen molar-refractivity contribution in [2.75, 3.05) is 35.4 Å². The number of ether oxygens (including phenoxy) is 2. The van der Waals surface area contributed by atoms with Crippen LogP contribution >= 0.6 is 12.2 Å². The average molecular weight is 601 g/mol. The van der Waals surface area contributed by atoms with Crippen LogP contribution in [-0.4, -0.2) is 60.0 Å². The molecule has 2 aliphatic heterocycles. The van der Waals surface area contributed by atoms with Gasteiger partial charge in [0.2, 0.25) is 11.8 Å². The summed E-state index contributed by atoms with van der Waals surface area (Å²) in [4.78, 5) is 56.2. The van der Waals surface area contributed by atoms with Crippen molar-refractivity contribution in [1.29, 1.82) is 0 Å². The average Bonchev–Trinajstić information content (AvgIpc) is 3.54. The van der Waals surface area contributed by atoms with Crippen LogP contribution in [0.25, 0.3) is 0 Å². The fourth-order valence-electron chi connectivity index (χ4n) is 5.17. The van der Waals surface area contributed by atoms with Crippen LogP contribution in [0.3, 0.4) is 0 Å². The molecule has 0 radical (unpaired) electrons. The van der Waals surface area contributed by atoms with E-state index in [-0.39, 0.29) is 42.4 Å². The van der Waals surface area contributed by atoms with Crippen LogP contribution in [0.5, 0.6) is 5.75 Å². The molecule has 1 unspecified atom stereocenters. The lowest BCUT2D eigenvalue weighted by molar-refractivity contribution is -0.124. The second-order valence-electron chi connectivity index (χ2n) is 10.2. The number of amides is 3. The molecule has 2 fully saturated rings. The van der Waals surface area contributed by atoms with E-state index < -0.39 is 12.0 Å². The van der Waals surface area contributed by atoms with Crippen LogP contribution in [0.15, 0.2) is 72.8 Å². The SMILES string of the molecule is CCOC(=O)c1ccc(N2C(=O)C(CC(=O)Nc3ccc(OC)cc3)N(Cc3ccc(N4CCCC4=O)cc3)C2=S)cc1. The molecule has 0 aliphatic carbocycles. The molecule has 2 aliphatic rings. The lowest BCUT2D eigenvalue weighted by atomic mass is 10.1. The number of nitrogens with one attached hydrogen (secondary N) is 1. The van der Waals surface area contributed by atoms with Crippen molar-refractivity contribution in [3.05, 3.63) is 83.9 Å². The van der Waals surface area contributed by atoms with Gasteiger partial charge in [0, 0.05) is 30.9 Å². The van der Waals surface area contributed by atoms with E-state index in [0.717, 1.165) is 17.7 Å². The van der Waals surface area contributed by atoms with E-state index in [1.54, 1.807) is 72.4 Å². The van der Waals surface area contributed by atoms with Crippen molar-refractivity contribution in [3.63, 3.8) is 0 Å². The number of hydrogen-bond donors (Lipinski definition) is 1. The second-order valence-corrected chi connectivity index (χ2v) is 10.5. The fourth-order valence-corrected chi connectivity index (χ4v) is 5.56. The molecule has 43 heavy (non-hydrogen) atoms. The quantitative estimate of drug-likeness (QED) is 0.267. The summed E-state index contributed by atoms with van der Waals surface area (Å²) >= 11 is 5.80. The van der Waals surface area contributed by atoms with E-state index in [1.807, 2.05) is 24.3 Å². The Hall–Kier alpha value is -4.77. The molecule has 0 saturated carbocycles. The van der Waals surface area contributed by atoms with Crippen LogP contribution in [0.1, 0.15) is 42.1 Å². The molecule has 222 valence electrons. The van der Waals surface area contributed by atoms with Crippen LogP contribution < -0.4 is 19.9 Å². The molecule has 2 saturated heterocycles. The minimum absolute atomic E-state index is 0.103. The molecule has 11 heteroatoms. The van der Waals surface area contributed by atoms with Gasteiger partial charge in [-0.25, -0.2) is 4.79 Å². The van der Waals surface area contributed by atoms with Crippen molar-refractivity contribution in [1.82, 2.24) is 4.90 Å². The van der Waals surface area contributed by atoms with Crippen molar-refractivity contribution < 1.29 is 28.7 Å². The van der Waals surface area contributed by atoms with Crippen LogP contribution in [0.4, 0.5) is 17.1 Å². The van der Waals surface area contributed by atoms with Crippen LogP contribution in [0, 0.1) is 0 Å². The summed E-state index contributed by atoms with van der Waals surface area (Å²) in [7, 11) is 1.56. The summed E-state index contributed by atoms with van der Waals surface area (Å²) in [6, 6.07) is 20.1. The van der Waals surface area contributed by atoms with Gasteiger partial charge in [0.15, 0.2) is 5.11 Å². The summed E-state index contributed by atoms with van der Waals surface area (Å²) in [5, 5.41) is 3.09. The zero-order valence-electron chi connectivity index (χ0n) is 23.9. The van der Waals surface area contributed by atoms with Gasteiger partial charge in [0.25, 0.3) is 5.91 Å². The van der Waals surface area contributed by atoms with E-state index >= 15 is 0 Å². The van der Waals surface area contributed by atoms with E-state index in [1.165, 1.54) is 4.90 Å². The highest BCUT2D eigenvalue weighted by Crippen LogP contribution is 2.30. The largest absolute Gasteiger partial charge is 0.497 e. The highest BCUT2D eigenvalue weighted by molar-refractivity contribution is 7.80. The summed E-state index contributed by atoms with van der Waals surface area (Å²) in [5.41, 5.74) is 3.10. The van der Waals surface area contributed by atoms with Crippen molar-refractivity contribution >= 4 is 58.1 Å². The van der Waals surface area contributed by atoms with Gasteiger partial charge in [-0.1, -0.05) is 12.1 Å². The molecule has 0 spiro atoms. The summed E-state index contributed by atoms with van der Waals surface area (Å²) in [5.74, 6) is -0.397. The van der Waals surface area contributed by atoms with Gasteiger partial charge in [-0.15, -0.1) is 0 Å². The monoisotopic (exact) mass is 600 g/mol. The molecule has 3 aromatic carbocycles. The number of carbonyl (C=O) groups is 4. The summed E-state index contributed by atoms with van der Waals surface area (Å²) in [6.07, 6.45) is 1.24. The second kappa shape index (κ2) is 13.0. The molecular formula is C32H32N4O6S. The molecule has 1 atom stereocenters. The van der Waals surface area contributed by atoms with Gasteiger partial charge in [-0.3, -0.25) is 19.3 Å². The molecular weight excluding hydrogens is 568 g/mol. The van der Waals surface area contributed by atoms with Crippen LogP contribution in [0.2, 0.25) is 0 Å². The minimum atomic E-state index is -0.865. The van der Waals surface area contributed by atoms with Gasteiger partial charge < -0.3 is 24.6 Å². The van der Waals surface area contributed by atoms with E-state index in [9.17, 15) is 19.2 Å². The lowest BCUT2D eigenvalue weighted by Crippen LogP contribution is -2.37. The third-order valence-electron chi connectivity index (χ3n) is 7.38. The third kappa shape index (κ3) is 6.51. The topological polar surface area (TPSA) is 108 Å². The Morgan fingerprint density at radius 1 is 0.953 bits per heavy atom. The molecule has 0 aromatic heterocycles. The number of anilines is 3. The Bertz CT molecular complexity index is 1520. The highest BCUT2D eigenvalue weighted by atomic mass is 32.1. The van der Waals surface area contributed by atoms with Crippen molar-refractivity contribution in [3.8, 4) is 5.75 Å². The third-order valence-corrected chi connectivity index (χ3v) is 7.80. The molecule has 3 amide bonds. The Labute approximate surface area is 255 Å². The first-order valence-electron chi connectivity index (χ1n) is 14.0. The number of esters is 1. The first-order valence-corrected chi connectivity index (χ1v) is 14.4. The predicted molar refractivity (Wildman–Crippen MR) is 166 cm³/mol. The summed E-state index contributed by atoms with van der Waals surface area (Å²) in [6.45, 7) is 2.95. The number of benzene rings is 3. The maximum absolute atomic E-state index is 13.8. The van der Waals surface area contributed by atoms with Crippen molar-refractivity contribution in [2.24, 2.45) is 0 Å². The Morgan fingerprint density at radius 3 is 2.23 bits per heavy atom. The maximum atomic E-state index is 13.8. The number of hydrogen-bond acceptors (Lipinski definition) is 7. The smallest absolute Gasteiger partial charge is 0.338 e. The first kappa shape index (κ1) is 29.7. The van der Waals surface area contributed by atoms with Crippen molar-refractivity contribution in [2.45, 2.75) is 38.8 Å². The van der Waals surface area contributed by atoms with E-state index in [2.05, 4.69) is 5.32 Å². The van der Waals surface area contributed by atoms with Gasteiger partial charge in [0.05, 0.1) is 31.4 Å². The first-order chi connectivity index (χ1) is 20.8. The number of nitrogens with zero attached hydrogens (tertiary/aromatic N) is 3. The van der Waals surface area contributed by atoms with Crippen LogP contribution in [-0.2, 0) is 25.7 Å². The van der Waals surface area contributed by atoms with Gasteiger partial charge in [-0.05, 0) is 91.8 Å². The Balaban J connectivity index is 1.38. The zero-order valence-corrected chi connectivity index (χ0v) is 24.8. The number of thiocarbonyl (C=S) groups is 1. The van der Waals surface area contributed by atoms with E-state index in [4.69, 9.17) is 21.7 Å². The normalized spacial score (nSPS) is 16.6. The Morgan fingerprint density at radius 2 is 1.63 bits per heavy atom. The van der Waals surface area contributed by atoms with Gasteiger partial charge in [-0.2, -0.15) is 0 Å². The number of methoxy groups -OCH3 is 1. The molecule has 1 N–H and O–H groups in total. The minimum Gasteiger partial charge on any atom is -0.497 e. The van der Waals surface area contributed by atoms with E-state index in [0.29, 0.717) is 35.7 Å². The molecule has 0 bridgehead atoms. The maximum Gasteiger partial charge on any atom is 0.338 e.